The lowest BCUT2D eigenvalue weighted by molar-refractivity contribution is 0.124. The molecule has 4 unspecified atom stereocenters. The summed E-state index contributed by atoms with van der Waals surface area (Å²) in [6.07, 6.45) is 5.07. The van der Waals surface area contributed by atoms with Crippen molar-refractivity contribution in [2.75, 3.05) is 12.3 Å². The Kier molecular flexibility index (Phi) is 4.92. The van der Waals surface area contributed by atoms with Crippen LogP contribution in [-0.4, -0.2) is 44.3 Å². The van der Waals surface area contributed by atoms with Gasteiger partial charge in [-0.25, -0.2) is 0 Å². The van der Waals surface area contributed by atoms with Crippen LogP contribution in [0.3, 0.4) is 0 Å². The number of aromatic nitrogens is 2. The largest absolute Gasteiger partial charge is 0.326 e. The Labute approximate surface area is 120 Å². The first-order valence-corrected chi connectivity index (χ1v) is 8.21. The first-order chi connectivity index (χ1) is 9.04. The first-order valence-electron chi connectivity index (χ1n) is 7.16. The summed E-state index contributed by atoms with van der Waals surface area (Å²) < 4.78 is 1.87. The van der Waals surface area contributed by atoms with Gasteiger partial charge < -0.3 is 5.73 Å². The summed E-state index contributed by atoms with van der Waals surface area (Å²) in [7, 11) is 1.97. The van der Waals surface area contributed by atoms with Crippen LogP contribution in [-0.2, 0) is 7.05 Å². The SMILES string of the molecule is CCC(N)C(c1cnn(C)c1)N1CCSC(C)C1C. The van der Waals surface area contributed by atoms with Gasteiger partial charge in [0.15, 0.2) is 0 Å². The van der Waals surface area contributed by atoms with Gasteiger partial charge in [0.2, 0.25) is 0 Å². The van der Waals surface area contributed by atoms with Crippen molar-refractivity contribution in [3.63, 3.8) is 0 Å². The van der Waals surface area contributed by atoms with Gasteiger partial charge >= 0.3 is 0 Å². The Hall–Kier alpha value is -0.520. The topological polar surface area (TPSA) is 47.1 Å². The Morgan fingerprint density at radius 2 is 2.26 bits per heavy atom. The lowest BCUT2D eigenvalue weighted by atomic mass is 9.96. The van der Waals surface area contributed by atoms with Crippen LogP contribution in [0.25, 0.3) is 0 Å². The Balaban J connectivity index is 2.27. The van der Waals surface area contributed by atoms with E-state index in [1.165, 1.54) is 11.3 Å². The molecule has 0 amide bonds. The lowest BCUT2D eigenvalue weighted by Gasteiger charge is -2.44. The number of nitrogens with zero attached hydrogens (tertiary/aromatic N) is 3. The second-order valence-corrected chi connectivity index (χ2v) is 7.00. The fourth-order valence-corrected chi connectivity index (χ4v) is 3.97. The van der Waals surface area contributed by atoms with Crippen molar-refractivity contribution in [3.8, 4) is 0 Å². The van der Waals surface area contributed by atoms with Gasteiger partial charge in [-0.05, 0) is 13.3 Å². The molecule has 0 aliphatic carbocycles. The van der Waals surface area contributed by atoms with Crippen LogP contribution in [0.1, 0.15) is 38.8 Å². The van der Waals surface area contributed by atoms with Crippen LogP contribution in [0.2, 0.25) is 0 Å². The summed E-state index contributed by atoms with van der Waals surface area (Å²) in [6, 6.07) is 1.01. The number of nitrogens with two attached hydrogens (primary N) is 1. The summed E-state index contributed by atoms with van der Waals surface area (Å²) in [4.78, 5) is 2.58. The van der Waals surface area contributed by atoms with E-state index in [4.69, 9.17) is 5.73 Å². The minimum Gasteiger partial charge on any atom is -0.326 e. The number of hydrogen-bond acceptors (Lipinski definition) is 4. The fourth-order valence-electron chi connectivity index (χ4n) is 2.85. The van der Waals surface area contributed by atoms with E-state index in [9.17, 15) is 0 Å². The van der Waals surface area contributed by atoms with Gasteiger partial charge in [-0.2, -0.15) is 16.9 Å². The molecule has 0 bridgehead atoms. The normalized spacial score (nSPS) is 28.3. The molecule has 0 spiro atoms. The molecule has 1 aliphatic rings. The maximum absolute atomic E-state index is 6.41. The molecule has 1 aromatic heterocycles. The third-order valence-electron chi connectivity index (χ3n) is 4.23. The van der Waals surface area contributed by atoms with Crippen molar-refractivity contribution < 1.29 is 0 Å². The molecule has 2 rings (SSSR count). The smallest absolute Gasteiger partial charge is 0.0538 e. The first kappa shape index (κ1) is 14.9. The molecule has 2 N–H and O–H groups in total. The molecule has 108 valence electrons. The van der Waals surface area contributed by atoms with E-state index < -0.39 is 0 Å². The molecule has 4 atom stereocenters. The van der Waals surface area contributed by atoms with Crippen LogP contribution in [0.4, 0.5) is 0 Å². The van der Waals surface area contributed by atoms with Crippen molar-refractivity contribution in [1.82, 2.24) is 14.7 Å². The van der Waals surface area contributed by atoms with Gasteiger partial charge in [0.1, 0.15) is 0 Å². The minimum atomic E-state index is 0.168. The molecule has 4 nitrogen and oxygen atoms in total. The molecule has 0 saturated carbocycles. The van der Waals surface area contributed by atoms with Gasteiger partial charge in [0.25, 0.3) is 0 Å². The maximum atomic E-state index is 6.41. The number of thioether (sulfide) groups is 1. The molecular weight excluding hydrogens is 256 g/mol. The van der Waals surface area contributed by atoms with E-state index in [-0.39, 0.29) is 12.1 Å². The molecule has 0 aromatic carbocycles. The Morgan fingerprint density at radius 1 is 1.53 bits per heavy atom. The zero-order chi connectivity index (χ0) is 14.0. The van der Waals surface area contributed by atoms with Crippen molar-refractivity contribution in [2.45, 2.75) is 50.6 Å². The van der Waals surface area contributed by atoms with Crippen LogP contribution in [0, 0.1) is 0 Å². The van der Waals surface area contributed by atoms with Crippen LogP contribution in [0.5, 0.6) is 0 Å². The molecule has 5 heteroatoms. The highest BCUT2D eigenvalue weighted by Gasteiger charge is 2.34. The highest BCUT2D eigenvalue weighted by Crippen LogP contribution is 2.33. The van der Waals surface area contributed by atoms with E-state index in [0.717, 1.165) is 13.0 Å². The number of rotatable bonds is 4. The van der Waals surface area contributed by atoms with Crippen LogP contribution < -0.4 is 5.73 Å². The number of aryl methyl sites for hydroxylation is 1. The second-order valence-electron chi connectivity index (χ2n) is 5.52. The molecule has 1 aliphatic heterocycles. The maximum Gasteiger partial charge on any atom is 0.0538 e. The third kappa shape index (κ3) is 3.15. The van der Waals surface area contributed by atoms with Gasteiger partial charge in [0, 0.05) is 48.4 Å². The summed E-state index contributed by atoms with van der Waals surface area (Å²) in [6.45, 7) is 7.92. The summed E-state index contributed by atoms with van der Waals surface area (Å²) in [5.74, 6) is 1.19. The highest BCUT2D eigenvalue weighted by atomic mass is 32.2. The van der Waals surface area contributed by atoms with E-state index in [0.29, 0.717) is 11.3 Å². The summed E-state index contributed by atoms with van der Waals surface area (Å²) >= 11 is 2.06. The van der Waals surface area contributed by atoms with E-state index in [2.05, 4.69) is 48.7 Å². The van der Waals surface area contributed by atoms with E-state index in [1.54, 1.807) is 0 Å². The van der Waals surface area contributed by atoms with Crippen molar-refractivity contribution in [3.05, 3.63) is 18.0 Å². The quantitative estimate of drug-likeness (QED) is 0.918. The minimum absolute atomic E-state index is 0.168. The van der Waals surface area contributed by atoms with Crippen LogP contribution in [0.15, 0.2) is 12.4 Å². The molecule has 0 radical (unpaired) electrons. The molecule has 1 aromatic rings. The van der Waals surface area contributed by atoms with Crippen molar-refractivity contribution >= 4 is 11.8 Å². The van der Waals surface area contributed by atoms with Crippen molar-refractivity contribution in [1.29, 1.82) is 0 Å². The monoisotopic (exact) mass is 282 g/mol. The number of hydrogen-bond donors (Lipinski definition) is 1. The van der Waals surface area contributed by atoms with Gasteiger partial charge in [-0.1, -0.05) is 13.8 Å². The molecule has 1 fully saturated rings. The van der Waals surface area contributed by atoms with Gasteiger partial charge in [-0.15, -0.1) is 0 Å². The molecule has 19 heavy (non-hydrogen) atoms. The summed E-state index contributed by atoms with van der Waals surface area (Å²) in [5, 5.41) is 4.99. The second kappa shape index (κ2) is 6.29. The predicted octanol–water partition coefficient (Wildman–Crippen LogP) is 2.02. The zero-order valence-electron chi connectivity index (χ0n) is 12.4. The fraction of sp³-hybridized carbons (Fsp3) is 0.786. The van der Waals surface area contributed by atoms with Gasteiger partial charge in [-0.3, -0.25) is 9.58 Å². The standard InChI is InChI=1S/C14H26N4S/c1-5-13(15)14(12-8-16-17(4)9-12)18-6-7-19-11(3)10(18)2/h8-11,13-14H,5-7,15H2,1-4H3. The molecule has 2 heterocycles. The van der Waals surface area contributed by atoms with E-state index >= 15 is 0 Å². The van der Waals surface area contributed by atoms with Crippen molar-refractivity contribution in [2.24, 2.45) is 12.8 Å². The average Bonchev–Trinajstić information content (AvgIpc) is 2.81. The van der Waals surface area contributed by atoms with E-state index in [1.807, 2.05) is 17.9 Å². The van der Waals surface area contributed by atoms with Crippen LogP contribution >= 0.6 is 11.8 Å². The average molecular weight is 282 g/mol. The van der Waals surface area contributed by atoms with Gasteiger partial charge in [0.05, 0.1) is 12.2 Å². The Bertz CT molecular complexity index is 406. The summed E-state index contributed by atoms with van der Waals surface area (Å²) in [5.41, 5.74) is 7.66. The predicted molar refractivity (Wildman–Crippen MR) is 82.3 cm³/mol. The Morgan fingerprint density at radius 3 is 2.84 bits per heavy atom. The lowest BCUT2D eigenvalue weighted by Crippen LogP contribution is -2.51. The zero-order valence-corrected chi connectivity index (χ0v) is 13.2. The molecule has 1 saturated heterocycles. The molecular formula is C14H26N4S. The third-order valence-corrected chi connectivity index (χ3v) is 5.57. The highest BCUT2D eigenvalue weighted by molar-refractivity contribution is 8.00.